The Balaban J connectivity index is 2.18. The lowest BCUT2D eigenvalue weighted by atomic mass is 10.3. The van der Waals surface area contributed by atoms with Crippen LogP contribution >= 0.6 is 15.9 Å². The van der Waals surface area contributed by atoms with Gasteiger partial charge in [0.25, 0.3) is 0 Å². The number of ether oxygens (including phenoxy) is 1. The number of rotatable bonds is 2. The average Bonchev–Trinajstić information content (AvgIpc) is 2.61. The summed E-state index contributed by atoms with van der Waals surface area (Å²) in [6.07, 6.45) is 0.682. The van der Waals surface area contributed by atoms with Gasteiger partial charge in [0.1, 0.15) is 11.9 Å². The summed E-state index contributed by atoms with van der Waals surface area (Å²) in [5, 5.41) is 8.86. The number of hydrogen-bond donors (Lipinski definition) is 1. The molecule has 5 nitrogen and oxygen atoms in total. The molecule has 0 aliphatic carbocycles. The van der Waals surface area contributed by atoms with E-state index in [1.54, 1.807) is 18.3 Å². The van der Waals surface area contributed by atoms with Gasteiger partial charge in [0.05, 0.1) is 13.2 Å². The first-order valence-electron chi connectivity index (χ1n) is 4.41. The van der Waals surface area contributed by atoms with Crippen LogP contribution in [0.15, 0.2) is 22.8 Å². The number of amides is 1. The molecule has 0 radical (unpaired) electrons. The zero-order valence-electron chi connectivity index (χ0n) is 7.76. The maximum Gasteiger partial charge on any atom is 0.416 e. The molecule has 1 saturated heterocycles. The van der Waals surface area contributed by atoms with Crippen LogP contribution < -0.4 is 4.90 Å². The Morgan fingerprint density at radius 2 is 2.47 bits per heavy atom. The number of halogens is 1. The first-order chi connectivity index (χ1) is 7.20. The van der Waals surface area contributed by atoms with E-state index in [1.165, 1.54) is 4.90 Å². The standard InChI is InChI=1S/C9H9BrN2O3/c10-6-1-2-8(11-3-6)12-4-7(5-13)15-9(12)14/h1-3,7,13H,4-5H2/t7-/m0/s1. The minimum atomic E-state index is -0.469. The molecule has 0 saturated carbocycles. The van der Waals surface area contributed by atoms with Crippen molar-refractivity contribution in [2.45, 2.75) is 6.10 Å². The molecular formula is C9H9BrN2O3. The third kappa shape index (κ3) is 2.10. The second-order valence-electron chi connectivity index (χ2n) is 3.13. The topological polar surface area (TPSA) is 62.7 Å². The van der Waals surface area contributed by atoms with Gasteiger partial charge in [-0.05, 0) is 28.1 Å². The number of anilines is 1. The highest BCUT2D eigenvalue weighted by Crippen LogP contribution is 2.20. The Kier molecular flexibility index (Phi) is 2.88. The lowest BCUT2D eigenvalue weighted by Crippen LogP contribution is -2.26. The number of carbonyl (C=O) groups excluding carboxylic acids is 1. The van der Waals surface area contributed by atoms with Crippen molar-refractivity contribution >= 4 is 27.8 Å². The van der Waals surface area contributed by atoms with Gasteiger partial charge in [0.2, 0.25) is 0 Å². The Hall–Kier alpha value is -1.14. The van der Waals surface area contributed by atoms with Gasteiger partial charge in [0.15, 0.2) is 0 Å². The number of nitrogens with zero attached hydrogens (tertiary/aromatic N) is 2. The van der Waals surface area contributed by atoms with Crippen molar-refractivity contribution < 1.29 is 14.6 Å². The molecule has 1 aliphatic rings. The second kappa shape index (κ2) is 4.16. The van der Waals surface area contributed by atoms with E-state index in [0.29, 0.717) is 12.4 Å². The predicted octanol–water partition coefficient (Wildman–Crippen LogP) is 1.16. The van der Waals surface area contributed by atoms with E-state index >= 15 is 0 Å². The van der Waals surface area contributed by atoms with Crippen LogP contribution in [-0.4, -0.2) is 35.4 Å². The van der Waals surface area contributed by atoms with E-state index in [-0.39, 0.29) is 6.61 Å². The van der Waals surface area contributed by atoms with Gasteiger partial charge < -0.3 is 9.84 Å². The molecule has 80 valence electrons. The first kappa shape index (κ1) is 10.4. The van der Waals surface area contributed by atoms with E-state index in [9.17, 15) is 4.79 Å². The monoisotopic (exact) mass is 272 g/mol. The Morgan fingerprint density at radius 1 is 1.67 bits per heavy atom. The predicted molar refractivity (Wildman–Crippen MR) is 56.6 cm³/mol. The highest BCUT2D eigenvalue weighted by molar-refractivity contribution is 9.10. The van der Waals surface area contributed by atoms with Crippen LogP contribution in [0.1, 0.15) is 0 Å². The number of pyridine rings is 1. The fraction of sp³-hybridized carbons (Fsp3) is 0.333. The number of cyclic esters (lactones) is 1. The summed E-state index contributed by atoms with van der Waals surface area (Å²) in [7, 11) is 0. The molecule has 1 amide bonds. The SMILES string of the molecule is O=C1O[C@H](CO)CN1c1ccc(Br)cn1. The van der Waals surface area contributed by atoms with E-state index in [0.717, 1.165) is 4.47 Å². The Bertz CT molecular complexity index is 368. The van der Waals surface area contributed by atoms with Crippen LogP contribution in [0.4, 0.5) is 10.6 Å². The van der Waals surface area contributed by atoms with Gasteiger partial charge in [-0.1, -0.05) is 0 Å². The van der Waals surface area contributed by atoms with Crippen molar-refractivity contribution in [1.82, 2.24) is 4.98 Å². The third-order valence-corrected chi connectivity index (χ3v) is 2.54. The van der Waals surface area contributed by atoms with Crippen LogP contribution in [0.2, 0.25) is 0 Å². The van der Waals surface area contributed by atoms with Crippen molar-refractivity contribution in [3.8, 4) is 0 Å². The number of hydrogen-bond acceptors (Lipinski definition) is 4. The molecule has 1 N–H and O–H groups in total. The molecule has 2 heterocycles. The van der Waals surface area contributed by atoms with E-state index < -0.39 is 12.2 Å². The van der Waals surface area contributed by atoms with Crippen molar-refractivity contribution in [3.63, 3.8) is 0 Å². The highest BCUT2D eigenvalue weighted by Gasteiger charge is 2.32. The molecule has 0 spiro atoms. The van der Waals surface area contributed by atoms with Gasteiger partial charge >= 0.3 is 6.09 Å². The molecule has 1 aliphatic heterocycles. The van der Waals surface area contributed by atoms with Crippen molar-refractivity contribution in [2.75, 3.05) is 18.1 Å². The molecule has 0 bridgehead atoms. The molecule has 1 aromatic heterocycles. The van der Waals surface area contributed by atoms with Crippen LogP contribution in [-0.2, 0) is 4.74 Å². The zero-order chi connectivity index (χ0) is 10.8. The smallest absolute Gasteiger partial charge is 0.416 e. The second-order valence-corrected chi connectivity index (χ2v) is 4.05. The molecule has 1 fully saturated rings. The molecular weight excluding hydrogens is 264 g/mol. The molecule has 2 rings (SSSR count). The summed E-state index contributed by atoms with van der Waals surface area (Å²) in [5.41, 5.74) is 0. The molecule has 1 atom stereocenters. The van der Waals surface area contributed by atoms with Crippen molar-refractivity contribution in [2.24, 2.45) is 0 Å². The number of aromatic nitrogens is 1. The number of aliphatic hydroxyl groups excluding tert-OH is 1. The minimum absolute atomic E-state index is 0.168. The molecule has 0 unspecified atom stereocenters. The summed E-state index contributed by atoms with van der Waals surface area (Å²) >= 11 is 3.26. The van der Waals surface area contributed by atoms with Gasteiger partial charge in [-0.25, -0.2) is 9.78 Å². The van der Waals surface area contributed by atoms with Crippen molar-refractivity contribution in [1.29, 1.82) is 0 Å². The van der Waals surface area contributed by atoms with Crippen LogP contribution in [0.5, 0.6) is 0 Å². The summed E-state index contributed by atoms with van der Waals surface area (Å²) < 4.78 is 5.74. The lowest BCUT2D eigenvalue weighted by molar-refractivity contribution is 0.0963. The summed E-state index contributed by atoms with van der Waals surface area (Å²) in [6, 6.07) is 3.51. The van der Waals surface area contributed by atoms with Gasteiger partial charge in [-0.3, -0.25) is 4.90 Å². The minimum Gasteiger partial charge on any atom is -0.441 e. The van der Waals surface area contributed by atoms with Gasteiger partial charge in [-0.2, -0.15) is 0 Å². The average molecular weight is 273 g/mol. The normalized spacial score (nSPS) is 20.5. The Labute approximate surface area is 94.8 Å². The first-order valence-corrected chi connectivity index (χ1v) is 5.20. The highest BCUT2D eigenvalue weighted by atomic mass is 79.9. The van der Waals surface area contributed by atoms with Gasteiger partial charge in [0, 0.05) is 10.7 Å². The zero-order valence-corrected chi connectivity index (χ0v) is 9.35. The van der Waals surface area contributed by atoms with Crippen LogP contribution in [0, 0.1) is 0 Å². The third-order valence-electron chi connectivity index (χ3n) is 2.07. The largest absolute Gasteiger partial charge is 0.441 e. The summed E-state index contributed by atoms with van der Waals surface area (Å²) in [4.78, 5) is 16.8. The number of aliphatic hydroxyl groups is 1. The van der Waals surface area contributed by atoms with Crippen molar-refractivity contribution in [3.05, 3.63) is 22.8 Å². The Morgan fingerprint density at radius 3 is 3.00 bits per heavy atom. The fourth-order valence-electron chi connectivity index (χ4n) is 1.33. The maximum absolute atomic E-state index is 11.4. The van der Waals surface area contributed by atoms with E-state index in [1.807, 2.05) is 0 Å². The molecule has 1 aromatic rings. The molecule has 15 heavy (non-hydrogen) atoms. The quantitative estimate of drug-likeness (QED) is 0.878. The lowest BCUT2D eigenvalue weighted by Gasteiger charge is -2.10. The molecule has 6 heteroatoms. The van der Waals surface area contributed by atoms with E-state index in [4.69, 9.17) is 9.84 Å². The summed E-state index contributed by atoms with van der Waals surface area (Å²) in [6.45, 7) is 0.169. The van der Waals surface area contributed by atoms with Crippen LogP contribution in [0.3, 0.4) is 0 Å². The summed E-state index contributed by atoms with van der Waals surface area (Å²) in [5.74, 6) is 0.527. The number of carbonyl (C=O) groups is 1. The maximum atomic E-state index is 11.4. The van der Waals surface area contributed by atoms with E-state index in [2.05, 4.69) is 20.9 Å². The molecule has 0 aromatic carbocycles. The van der Waals surface area contributed by atoms with Gasteiger partial charge in [-0.15, -0.1) is 0 Å². The fourth-order valence-corrected chi connectivity index (χ4v) is 1.57. The van der Waals surface area contributed by atoms with Crippen LogP contribution in [0.25, 0.3) is 0 Å².